The predicted molar refractivity (Wildman–Crippen MR) is 32.2 cm³/mol. The molecule has 0 heterocycles. The van der Waals surface area contributed by atoms with Gasteiger partial charge in [0.1, 0.15) is 0 Å². The van der Waals surface area contributed by atoms with Crippen LogP contribution in [0.4, 0.5) is 0 Å². The van der Waals surface area contributed by atoms with Gasteiger partial charge in [-0.15, -0.1) is 0 Å². The van der Waals surface area contributed by atoms with Gasteiger partial charge in [-0.25, -0.2) is 9.13 Å². The van der Waals surface area contributed by atoms with E-state index >= 15 is 0 Å². The van der Waals surface area contributed by atoms with Gasteiger partial charge >= 0.3 is 7.91 Å². The van der Waals surface area contributed by atoms with Crippen LogP contribution in [0.25, 0.3) is 0 Å². The maximum absolute atomic E-state index is 8.59. The van der Waals surface area contributed by atoms with E-state index < -0.39 is 7.91 Å². The molecule has 0 bridgehead atoms. The van der Waals surface area contributed by atoms with E-state index in [1.54, 1.807) is 0 Å². The van der Waals surface area contributed by atoms with Crippen LogP contribution in [-0.2, 0) is 9.13 Å². The Hall–Kier alpha value is -0.380. The minimum Gasteiger partial charge on any atom is -0.412 e. The molecule has 0 aromatic heterocycles. The van der Waals surface area contributed by atoms with Crippen molar-refractivity contribution in [2.24, 2.45) is 0 Å². The van der Waals surface area contributed by atoms with Crippen LogP contribution in [0.15, 0.2) is 0 Å². The molecule has 0 rings (SSSR count). The molecule has 72 valence electrons. The molecule has 0 aromatic rings. The number of hydrogen-bond donors (Lipinski definition) is 1. The summed E-state index contributed by atoms with van der Waals surface area (Å²) >= 11 is 0. The Morgan fingerprint density at radius 1 is 0.700 bits per heavy atom. The third kappa shape index (κ3) is 2310. The predicted octanol–water partition coefficient (Wildman–Crippen LogP) is -4.88. The summed E-state index contributed by atoms with van der Waals surface area (Å²) in [6, 6.07) is 0. The quantitative estimate of drug-likeness (QED) is 0.367. The van der Waals surface area contributed by atoms with Gasteiger partial charge in [-0.3, -0.25) is 4.89 Å². The van der Waals surface area contributed by atoms with Gasteiger partial charge in [0.2, 0.25) is 0 Å². The van der Waals surface area contributed by atoms with Crippen LogP contribution in [0.3, 0.4) is 0 Å². The molecule has 0 aromatic carbocycles. The van der Waals surface area contributed by atoms with E-state index in [1.165, 1.54) is 0 Å². The molecule has 10 heavy (non-hydrogen) atoms. The lowest BCUT2D eigenvalue weighted by Gasteiger charge is -1.35. The SMILES string of the molecule is O.O.O.O.O.O.O=P(=O)O. The zero-order valence-electron chi connectivity index (χ0n) is 4.71. The molecule has 0 spiro atoms. The van der Waals surface area contributed by atoms with E-state index in [1.807, 2.05) is 0 Å². The lowest BCUT2D eigenvalue weighted by molar-refractivity contribution is 0.434. The fourth-order valence-electron chi connectivity index (χ4n) is 0. The van der Waals surface area contributed by atoms with Crippen molar-refractivity contribution >= 4 is 7.91 Å². The highest BCUT2D eigenvalue weighted by molar-refractivity contribution is 7.23. The van der Waals surface area contributed by atoms with Crippen LogP contribution >= 0.6 is 7.91 Å². The van der Waals surface area contributed by atoms with Gasteiger partial charge in [-0.1, -0.05) is 0 Å². The van der Waals surface area contributed by atoms with Crippen molar-refractivity contribution in [3.05, 3.63) is 0 Å². The molecule has 0 fully saturated rings. The third-order valence-corrected chi connectivity index (χ3v) is 0. The normalized spacial score (nSPS) is 2.50. The van der Waals surface area contributed by atoms with E-state index in [0.717, 1.165) is 0 Å². The van der Waals surface area contributed by atoms with Gasteiger partial charge in [0.05, 0.1) is 0 Å². The second-order valence-corrected chi connectivity index (χ2v) is 0.714. The molecule has 0 saturated heterocycles. The Labute approximate surface area is 56.0 Å². The van der Waals surface area contributed by atoms with Gasteiger partial charge in [-0.05, 0) is 0 Å². The van der Waals surface area contributed by atoms with Crippen LogP contribution in [0.1, 0.15) is 0 Å². The van der Waals surface area contributed by atoms with Gasteiger partial charge < -0.3 is 32.9 Å². The van der Waals surface area contributed by atoms with Gasteiger partial charge in [0, 0.05) is 0 Å². The van der Waals surface area contributed by atoms with Crippen molar-refractivity contribution in [2.75, 3.05) is 0 Å². The Morgan fingerprint density at radius 2 is 0.700 bits per heavy atom. The molecule has 0 radical (unpaired) electrons. The summed E-state index contributed by atoms with van der Waals surface area (Å²) in [5.41, 5.74) is 0. The van der Waals surface area contributed by atoms with Gasteiger partial charge in [0.15, 0.2) is 0 Å². The first kappa shape index (κ1) is 104. The Bertz CT molecular complexity index is 53.1. The van der Waals surface area contributed by atoms with Crippen molar-refractivity contribution in [1.29, 1.82) is 0 Å². The zero-order chi connectivity index (χ0) is 3.58. The summed E-state index contributed by atoms with van der Waals surface area (Å²) < 4.78 is 17.2. The molecule has 0 aliphatic rings. The second kappa shape index (κ2) is 72.9. The highest BCUT2D eigenvalue weighted by atomic mass is 31.1. The topological polar surface area (TPSA) is 243 Å². The molecule has 0 saturated carbocycles. The number of rotatable bonds is 0. The smallest absolute Gasteiger partial charge is 0.412 e. The Morgan fingerprint density at radius 3 is 0.700 bits per heavy atom. The molecule has 0 aliphatic carbocycles. The molecule has 0 amide bonds. The summed E-state index contributed by atoms with van der Waals surface area (Å²) in [6.07, 6.45) is 0. The standard InChI is InChI=1S/HO3P.6H2O/c1-4(2)3;;;;;;/h(H,1,2,3);6*1H2. The summed E-state index contributed by atoms with van der Waals surface area (Å²) in [5, 5.41) is 0. The molecule has 0 aliphatic heterocycles. The minimum atomic E-state index is -3.12. The average Bonchev–Trinajstić information content (AvgIpc) is 0.811. The monoisotopic (exact) mass is 188 g/mol. The number of hydrogen-bond acceptors (Lipinski definition) is 2. The first-order valence-electron chi connectivity index (χ1n) is 0.565. The fourth-order valence-corrected chi connectivity index (χ4v) is 0. The molecular weight excluding hydrogens is 175 g/mol. The first-order chi connectivity index (χ1) is 1.73. The van der Waals surface area contributed by atoms with E-state index in [4.69, 9.17) is 14.0 Å². The second-order valence-electron chi connectivity index (χ2n) is 0.238. The first-order valence-corrected chi connectivity index (χ1v) is 1.70. The highest BCUT2D eigenvalue weighted by Crippen LogP contribution is 1.84. The molecule has 10 heteroatoms. The summed E-state index contributed by atoms with van der Waals surface area (Å²) in [4.78, 5) is 7.01. The minimum absolute atomic E-state index is 0. The van der Waals surface area contributed by atoms with E-state index in [9.17, 15) is 0 Å². The van der Waals surface area contributed by atoms with Crippen LogP contribution in [-0.4, -0.2) is 37.8 Å². The fraction of sp³-hybridized carbons (Fsp3) is 0. The molecule has 9 nitrogen and oxygen atoms in total. The van der Waals surface area contributed by atoms with E-state index in [0.29, 0.717) is 0 Å². The van der Waals surface area contributed by atoms with Gasteiger partial charge in [-0.2, -0.15) is 0 Å². The maximum Gasteiger partial charge on any atom is 0.465 e. The lowest BCUT2D eigenvalue weighted by Crippen LogP contribution is -1.19. The third-order valence-electron chi connectivity index (χ3n) is 0. The van der Waals surface area contributed by atoms with Crippen molar-refractivity contribution in [1.82, 2.24) is 0 Å². The van der Waals surface area contributed by atoms with Crippen LogP contribution in [0.5, 0.6) is 0 Å². The summed E-state index contributed by atoms with van der Waals surface area (Å²) in [5.74, 6) is 0. The van der Waals surface area contributed by atoms with Crippen molar-refractivity contribution < 1.29 is 46.9 Å². The molecule has 0 atom stereocenters. The zero-order valence-corrected chi connectivity index (χ0v) is 5.61. The van der Waals surface area contributed by atoms with Crippen molar-refractivity contribution in [3.63, 3.8) is 0 Å². The molecule has 0 unspecified atom stereocenters. The largest absolute Gasteiger partial charge is 0.465 e. The van der Waals surface area contributed by atoms with Crippen LogP contribution in [0.2, 0.25) is 0 Å². The van der Waals surface area contributed by atoms with Crippen molar-refractivity contribution in [2.45, 2.75) is 0 Å². The maximum atomic E-state index is 8.59. The molecular formula is H13O9P. The van der Waals surface area contributed by atoms with Crippen LogP contribution < -0.4 is 0 Å². The van der Waals surface area contributed by atoms with Crippen LogP contribution in [0, 0.1) is 0 Å². The van der Waals surface area contributed by atoms with E-state index in [-0.39, 0.29) is 32.9 Å². The average molecular weight is 188 g/mol. The van der Waals surface area contributed by atoms with E-state index in [2.05, 4.69) is 0 Å². The van der Waals surface area contributed by atoms with Crippen molar-refractivity contribution in [3.8, 4) is 0 Å². The van der Waals surface area contributed by atoms with Gasteiger partial charge in [0.25, 0.3) is 0 Å². The molecule has 13 N–H and O–H groups in total. The highest BCUT2D eigenvalue weighted by Gasteiger charge is 1.57. The summed E-state index contributed by atoms with van der Waals surface area (Å²) in [6.45, 7) is 0. The Kier molecular flexibility index (Phi) is 759. The summed E-state index contributed by atoms with van der Waals surface area (Å²) in [7, 11) is -3.12. The lowest BCUT2D eigenvalue weighted by atomic mass is 15.9. The Balaban J connectivity index is -0.00000000300.